The summed E-state index contributed by atoms with van der Waals surface area (Å²) in [6.07, 6.45) is 0. The predicted molar refractivity (Wildman–Crippen MR) is 94.1 cm³/mol. The molecule has 128 valence electrons. The van der Waals surface area contributed by atoms with Gasteiger partial charge < -0.3 is 15.0 Å². The van der Waals surface area contributed by atoms with Crippen LogP contribution in [0.4, 0.5) is 11.6 Å². The van der Waals surface area contributed by atoms with Gasteiger partial charge in [-0.3, -0.25) is 4.79 Å². The Hall–Kier alpha value is -2.06. The summed E-state index contributed by atoms with van der Waals surface area (Å²) in [5.41, 5.74) is 2.94. The zero-order valence-electron chi connectivity index (χ0n) is 14.3. The highest BCUT2D eigenvalue weighted by atomic mass is 32.1. The van der Waals surface area contributed by atoms with Crippen LogP contribution in [-0.4, -0.2) is 47.2 Å². The highest BCUT2D eigenvalue weighted by molar-refractivity contribution is 7.13. The molecule has 1 fully saturated rings. The first-order valence-electron chi connectivity index (χ1n) is 7.89. The third-order valence-corrected chi connectivity index (χ3v) is 4.97. The van der Waals surface area contributed by atoms with Crippen molar-refractivity contribution in [3.8, 4) is 0 Å². The molecule has 0 bridgehead atoms. The number of anilines is 2. The summed E-state index contributed by atoms with van der Waals surface area (Å²) < 4.78 is 5.36. The number of rotatable bonds is 3. The fraction of sp³-hybridized carbons (Fsp3) is 0.500. The Kier molecular flexibility index (Phi) is 4.77. The van der Waals surface area contributed by atoms with Gasteiger partial charge in [-0.2, -0.15) is 0 Å². The Bertz CT molecular complexity index is 745. The first-order valence-corrected chi connectivity index (χ1v) is 8.70. The van der Waals surface area contributed by atoms with E-state index in [0.717, 1.165) is 35.2 Å². The minimum atomic E-state index is -0.160. The van der Waals surface area contributed by atoms with E-state index in [1.165, 1.54) is 11.3 Å². The Balaban J connectivity index is 1.83. The molecule has 7 nitrogen and oxygen atoms in total. The van der Waals surface area contributed by atoms with Gasteiger partial charge in [0, 0.05) is 13.1 Å². The van der Waals surface area contributed by atoms with Crippen LogP contribution in [0.25, 0.3) is 0 Å². The Morgan fingerprint density at radius 2 is 1.67 bits per heavy atom. The molecule has 3 rings (SSSR count). The molecule has 0 atom stereocenters. The molecule has 0 saturated carbocycles. The van der Waals surface area contributed by atoms with E-state index in [2.05, 4.69) is 25.2 Å². The molecule has 0 unspecified atom stereocenters. The topological polar surface area (TPSA) is 80.2 Å². The maximum absolute atomic E-state index is 12.5. The van der Waals surface area contributed by atoms with Gasteiger partial charge in [-0.25, -0.2) is 15.0 Å². The second kappa shape index (κ2) is 6.82. The quantitative estimate of drug-likeness (QED) is 0.917. The molecule has 1 saturated heterocycles. The van der Waals surface area contributed by atoms with Crippen molar-refractivity contribution in [1.29, 1.82) is 0 Å². The van der Waals surface area contributed by atoms with E-state index < -0.39 is 0 Å². The SMILES string of the molecule is Cc1nc(C)c(C(=O)Nc2c(C)nc(N3CCOCC3)nc2C)s1. The van der Waals surface area contributed by atoms with Gasteiger partial charge in [0.2, 0.25) is 5.95 Å². The number of hydrogen-bond acceptors (Lipinski definition) is 7. The summed E-state index contributed by atoms with van der Waals surface area (Å²) in [5, 5.41) is 3.82. The van der Waals surface area contributed by atoms with Crippen LogP contribution in [0.3, 0.4) is 0 Å². The summed E-state index contributed by atoms with van der Waals surface area (Å²) >= 11 is 1.39. The van der Waals surface area contributed by atoms with Crippen molar-refractivity contribution in [2.45, 2.75) is 27.7 Å². The summed E-state index contributed by atoms with van der Waals surface area (Å²) in [6.45, 7) is 10.4. The molecule has 1 amide bonds. The predicted octanol–water partition coefficient (Wildman–Crippen LogP) is 2.26. The van der Waals surface area contributed by atoms with E-state index in [9.17, 15) is 4.79 Å². The van der Waals surface area contributed by atoms with Crippen LogP contribution >= 0.6 is 11.3 Å². The number of amides is 1. The molecule has 0 radical (unpaired) electrons. The molecule has 2 aromatic rings. The van der Waals surface area contributed by atoms with Gasteiger partial charge in [0.05, 0.1) is 41.0 Å². The molecule has 1 aliphatic rings. The minimum Gasteiger partial charge on any atom is -0.378 e. The lowest BCUT2D eigenvalue weighted by Gasteiger charge is -2.27. The average molecular weight is 347 g/mol. The van der Waals surface area contributed by atoms with Crippen molar-refractivity contribution in [1.82, 2.24) is 15.0 Å². The second-order valence-electron chi connectivity index (χ2n) is 5.77. The Morgan fingerprint density at radius 1 is 1.04 bits per heavy atom. The van der Waals surface area contributed by atoms with Crippen molar-refractivity contribution in [2.24, 2.45) is 0 Å². The van der Waals surface area contributed by atoms with Gasteiger partial charge in [-0.05, 0) is 27.7 Å². The van der Waals surface area contributed by atoms with Crippen LogP contribution in [0.2, 0.25) is 0 Å². The van der Waals surface area contributed by atoms with E-state index in [1.807, 2.05) is 27.7 Å². The molecule has 2 aromatic heterocycles. The van der Waals surface area contributed by atoms with Crippen LogP contribution in [0.15, 0.2) is 0 Å². The number of aryl methyl sites for hydroxylation is 4. The van der Waals surface area contributed by atoms with Crippen LogP contribution in [0.1, 0.15) is 31.8 Å². The number of thiazole rings is 1. The van der Waals surface area contributed by atoms with Crippen LogP contribution < -0.4 is 10.2 Å². The van der Waals surface area contributed by atoms with E-state index in [-0.39, 0.29) is 5.91 Å². The Morgan fingerprint density at radius 3 is 2.21 bits per heavy atom. The van der Waals surface area contributed by atoms with E-state index in [1.54, 1.807) is 0 Å². The van der Waals surface area contributed by atoms with Crippen LogP contribution in [-0.2, 0) is 4.74 Å². The molecule has 1 aliphatic heterocycles. The monoisotopic (exact) mass is 347 g/mol. The smallest absolute Gasteiger partial charge is 0.267 e. The summed E-state index contributed by atoms with van der Waals surface area (Å²) in [6, 6.07) is 0. The average Bonchev–Trinajstić information content (AvgIpc) is 2.90. The molecular weight excluding hydrogens is 326 g/mol. The fourth-order valence-corrected chi connectivity index (χ4v) is 3.51. The standard InChI is InChI=1S/C16H21N5O2S/c1-9-13(20-15(22)14-11(3)17-12(4)24-14)10(2)19-16(18-9)21-5-7-23-8-6-21/h5-8H2,1-4H3,(H,20,22). The number of nitrogens with zero attached hydrogens (tertiary/aromatic N) is 4. The second-order valence-corrected chi connectivity index (χ2v) is 6.97. The van der Waals surface area contributed by atoms with Crippen LogP contribution in [0, 0.1) is 27.7 Å². The molecule has 3 heterocycles. The molecule has 1 N–H and O–H groups in total. The number of morpholine rings is 1. The van der Waals surface area contributed by atoms with Crippen molar-refractivity contribution < 1.29 is 9.53 Å². The van der Waals surface area contributed by atoms with Gasteiger partial charge in [0.25, 0.3) is 5.91 Å². The van der Waals surface area contributed by atoms with Gasteiger partial charge in [-0.15, -0.1) is 11.3 Å². The summed E-state index contributed by atoms with van der Waals surface area (Å²) in [7, 11) is 0. The van der Waals surface area contributed by atoms with E-state index in [4.69, 9.17) is 4.74 Å². The number of carbonyl (C=O) groups excluding carboxylic acids is 1. The van der Waals surface area contributed by atoms with E-state index in [0.29, 0.717) is 29.7 Å². The third-order valence-electron chi connectivity index (χ3n) is 3.90. The number of nitrogens with one attached hydrogen (secondary N) is 1. The lowest BCUT2D eigenvalue weighted by molar-refractivity contribution is 0.102. The third kappa shape index (κ3) is 3.39. The minimum absolute atomic E-state index is 0.160. The number of ether oxygens (including phenoxy) is 1. The maximum atomic E-state index is 12.5. The van der Waals surface area contributed by atoms with Crippen molar-refractivity contribution in [2.75, 3.05) is 36.5 Å². The zero-order chi connectivity index (χ0) is 17.3. The molecule has 0 aliphatic carbocycles. The molecule has 0 spiro atoms. The van der Waals surface area contributed by atoms with Crippen LogP contribution in [0.5, 0.6) is 0 Å². The largest absolute Gasteiger partial charge is 0.378 e. The molecular formula is C16H21N5O2S. The van der Waals surface area contributed by atoms with Crippen molar-refractivity contribution in [3.05, 3.63) is 27.0 Å². The fourth-order valence-electron chi connectivity index (χ4n) is 2.70. The van der Waals surface area contributed by atoms with Gasteiger partial charge in [0.15, 0.2) is 0 Å². The van der Waals surface area contributed by atoms with Gasteiger partial charge >= 0.3 is 0 Å². The lowest BCUT2D eigenvalue weighted by Crippen LogP contribution is -2.37. The molecule has 8 heteroatoms. The Labute approximate surface area is 145 Å². The maximum Gasteiger partial charge on any atom is 0.267 e. The van der Waals surface area contributed by atoms with Crippen molar-refractivity contribution >= 4 is 28.9 Å². The zero-order valence-corrected chi connectivity index (χ0v) is 15.2. The highest BCUT2D eigenvalue weighted by Gasteiger charge is 2.20. The van der Waals surface area contributed by atoms with Gasteiger partial charge in [-0.1, -0.05) is 0 Å². The first kappa shape index (κ1) is 16.8. The first-order chi connectivity index (χ1) is 11.5. The summed E-state index contributed by atoms with van der Waals surface area (Å²) in [5.74, 6) is 0.531. The summed E-state index contributed by atoms with van der Waals surface area (Å²) in [4.78, 5) is 28.7. The van der Waals surface area contributed by atoms with Gasteiger partial charge in [0.1, 0.15) is 4.88 Å². The number of aromatic nitrogens is 3. The number of carbonyl (C=O) groups is 1. The normalized spacial score (nSPS) is 14.8. The van der Waals surface area contributed by atoms with Crippen molar-refractivity contribution in [3.63, 3.8) is 0 Å². The highest BCUT2D eigenvalue weighted by Crippen LogP contribution is 2.24. The lowest BCUT2D eigenvalue weighted by atomic mass is 10.2. The van der Waals surface area contributed by atoms with E-state index >= 15 is 0 Å². The number of hydrogen-bond donors (Lipinski definition) is 1. The molecule has 24 heavy (non-hydrogen) atoms. The molecule has 0 aromatic carbocycles.